The number of nitrogens with one attached hydrogen (secondary N) is 1. The highest BCUT2D eigenvalue weighted by molar-refractivity contribution is 5.78. The lowest BCUT2D eigenvalue weighted by Crippen LogP contribution is -2.43. The molecule has 1 heterocycles. The monoisotopic (exact) mass is 351 g/mol. The summed E-state index contributed by atoms with van der Waals surface area (Å²) < 4.78 is 16.2. The van der Waals surface area contributed by atoms with Crippen molar-refractivity contribution in [3.8, 4) is 17.2 Å². The van der Waals surface area contributed by atoms with Gasteiger partial charge in [0.15, 0.2) is 11.5 Å². The van der Waals surface area contributed by atoms with Gasteiger partial charge in [0, 0.05) is 26.2 Å². The van der Waals surface area contributed by atoms with Gasteiger partial charge in [-0.25, -0.2) is 0 Å². The van der Waals surface area contributed by atoms with E-state index in [1.54, 1.807) is 21.3 Å². The Bertz CT molecular complexity index is 554. The Morgan fingerprint density at radius 2 is 1.92 bits per heavy atom. The van der Waals surface area contributed by atoms with E-state index in [9.17, 15) is 4.79 Å². The van der Waals surface area contributed by atoms with Gasteiger partial charge in [0.2, 0.25) is 11.7 Å². The predicted octanol–water partition coefficient (Wildman–Crippen LogP) is 0.999. The van der Waals surface area contributed by atoms with Crippen LogP contribution < -0.4 is 25.3 Å². The van der Waals surface area contributed by atoms with E-state index >= 15 is 0 Å². The van der Waals surface area contributed by atoms with Gasteiger partial charge < -0.3 is 25.3 Å². The Kier molecular flexibility index (Phi) is 7.33. The summed E-state index contributed by atoms with van der Waals surface area (Å²) in [5.74, 6) is 1.99. The van der Waals surface area contributed by atoms with E-state index in [2.05, 4.69) is 10.2 Å². The van der Waals surface area contributed by atoms with Gasteiger partial charge in [-0.05, 0) is 37.1 Å². The molecule has 2 rings (SSSR count). The Morgan fingerprint density at radius 1 is 1.24 bits per heavy atom. The molecule has 0 aliphatic carbocycles. The van der Waals surface area contributed by atoms with Gasteiger partial charge in [-0.15, -0.1) is 0 Å². The summed E-state index contributed by atoms with van der Waals surface area (Å²) in [5, 5.41) is 2.89. The van der Waals surface area contributed by atoms with Crippen LogP contribution in [0.15, 0.2) is 12.1 Å². The molecule has 0 bridgehead atoms. The summed E-state index contributed by atoms with van der Waals surface area (Å²) in [6, 6.07) is 3.92. The zero-order chi connectivity index (χ0) is 18.2. The van der Waals surface area contributed by atoms with Gasteiger partial charge in [0.05, 0.1) is 27.2 Å². The fourth-order valence-electron chi connectivity index (χ4n) is 3.24. The number of carbonyl (C=O) groups excluding carboxylic acids is 1. The highest BCUT2D eigenvalue weighted by Crippen LogP contribution is 2.38. The molecule has 0 saturated carbocycles. The molecule has 0 radical (unpaired) electrons. The summed E-state index contributed by atoms with van der Waals surface area (Å²) in [4.78, 5) is 14.5. The van der Waals surface area contributed by atoms with E-state index in [4.69, 9.17) is 19.9 Å². The topological polar surface area (TPSA) is 86.1 Å². The van der Waals surface area contributed by atoms with Crippen molar-refractivity contribution < 1.29 is 19.0 Å². The number of carbonyl (C=O) groups is 1. The summed E-state index contributed by atoms with van der Waals surface area (Å²) in [6.45, 7) is 3.44. The number of benzene rings is 1. The second kappa shape index (κ2) is 9.48. The zero-order valence-corrected chi connectivity index (χ0v) is 15.3. The van der Waals surface area contributed by atoms with Gasteiger partial charge >= 0.3 is 0 Å². The number of hydrogen-bond donors (Lipinski definition) is 2. The molecule has 1 aliphatic rings. The van der Waals surface area contributed by atoms with Gasteiger partial charge in [-0.1, -0.05) is 0 Å². The highest BCUT2D eigenvalue weighted by atomic mass is 16.5. The Labute approximate surface area is 149 Å². The van der Waals surface area contributed by atoms with Crippen molar-refractivity contribution in [1.82, 2.24) is 10.2 Å². The molecule has 0 aromatic heterocycles. The quantitative estimate of drug-likeness (QED) is 0.727. The maximum atomic E-state index is 12.2. The third kappa shape index (κ3) is 4.99. The minimum Gasteiger partial charge on any atom is -0.493 e. The smallest absolute Gasteiger partial charge is 0.224 e. The Hall–Kier alpha value is -1.99. The molecular formula is C18H29N3O4. The summed E-state index contributed by atoms with van der Waals surface area (Å²) >= 11 is 0. The number of methoxy groups -OCH3 is 3. The molecule has 1 atom stereocenters. The van der Waals surface area contributed by atoms with E-state index in [-0.39, 0.29) is 11.8 Å². The van der Waals surface area contributed by atoms with E-state index in [1.807, 2.05) is 12.1 Å². The number of likely N-dealkylation sites (tertiary alicyclic amines) is 1. The minimum absolute atomic E-state index is 0.0161. The third-order valence-electron chi connectivity index (χ3n) is 4.45. The van der Waals surface area contributed by atoms with Crippen molar-refractivity contribution in [3.63, 3.8) is 0 Å². The first-order chi connectivity index (χ1) is 12.1. The first kappa shape index (κ1) is 19.3. The van der Waals surface area contributed by atoms with E-state index in [1.165, 1.54) is 0 Å². The molecule has 1 amide bonds. The molecule has 1 aromatic carbocycles. The van der Waals surface area contributed by atoms with Crippen LogP contribution in [0.3, 0.4) is 0 Å². The first-order valence-corrected chi connectivity index (χ1v) is 8.62. The Morgan fingerprint density at radius 3 is 2.48 bits per heavy atom. The lowest BCUT2D eigenvalue weighted by atomic mass is 9.96. The number of piperidine rings is 1. The van der Waals surface area contributed by atoms with Crippen LogP contribution in [0.2, 0.25) is 0 Å². The number of amides is 1. The molecule has 1 unspecified atom stereocenters. The largest absolute Gasteiger partial charge is 0.493 e. The SMILES string of the molecule is COc1cc(CN2CCCC(C(=O)NCCN)C2)cc(OC)c1OC. The highest BCUT2D eigenvalue weighted by Gasteiger charge is 2.26. The minimum atomic E-state index is 0.0161. The first-order valence-electron chi connectivity index (χ1n) is 8.62. The summed E-state index contributed by atoms with van der Waals surface area (Å²) in [7, 11) is 4.81. The molecule has 3 N–H and O–H groups in total. The number of ether oxygens (including phenoxy) is 3. The van der Waals surface area contributed by atoms with Crippen molar-refractivity contribution in [2.24, 2.45) is 11.7 Å². The fourth-order valence-corrected chi connectivity index (χ4v) is 3.24. The molecule has 1 aromatic rings. The molecule has 1 aliphatic heterocycles. The average molecular weight is 351 g/mol. The van der Waals surface area contributed by atoms with Crippen molar-refractivity contribution in [1.29, 1.82) is 0 Å². The Balaban J connectivity index is 2.07. The van der Waals surface area contributed by atoms with Crippen LogP contribution in [0.1, 0.15) is 18.4 Å². The average Bonchev–Trinajstić information content (AvgIpc) is 2.65. The summed E-state index contributed by atoms with van der Waals surface area (Å²) in [5.41, 5.74) is 6.52. The number of hydrogen-bond acceptors (Lipinski definition) is 6. The maximum absolute atomic E-state index is 12.2. The molecule has 25 heavy (non-hydrogen) atoms. The fraction of sp³-hybridized carbons (Fsp3) is 0.611. The summed E-state index contributed by atoms with van der Waals surface area (Å²) in [6.07, 6.45) is 1.92. The van der Waals surface area contributed by atoms with Gasteiger partial charge in [0.1, 0.15) is 0 Å². The number of nitrogens with zero attached hydrogens (tertiary/aromatic N) is 1. The molecule has 140 valence electrons. The molecule has 0 spiro atoms. The third-order valence-corrected chi connectivity index (χ3v) is 4.45. The van der Waals surface area contributed by atoms with Gasteiger partial charge in [0.25, 0.3) is 0 Å². The lowest BCUT2D eigenvalue weighted by molar-refractivity contribution is -0.126. The van der Waals surface area contributed by atoms with Crippen LogP contribution in [0.4, 0.5) is 0 Å². The molecule has 7 nitrogen and oxygen atoms in total. The number of nitrogens with two attached hydrogens (primary N) is 1. The maximum Gasteiger partial charge on any atom is 0.224 e. The van der Waals surface area contributed by atoms with E-state index in [0.29, 0.717) is 30.3 Å². The molecule has 7 heteroatoms. The van der Waals surface area contributed by atoms with Crippen molar-refractivity contribution in [2.75, 3.05) is 47.5 Å². The predicted molar refractivity (Wildman–Crippen MR) is 96.2 cm³/mol. The van der Waals surface area contributed by atoms with Crippen LogP contribution >= 0.6 is 0 Å². The van der Waals surface area contributed by atoms with Crippen molar-refractivity contribution >= 4 is 5.91 Å². The normalized spacial score (nSPS) is 17.8. The van der Waals surface area contributed by atoms with Gasteiger partial charge in [-0.2, -0.15) is 0 Å². The van der Waals surface area contributed by atoms with Crippen LogP contribution in [0, 0.1) is 5.92 Å². The second-order valence-electron chi connectivity index (χ2n) is 6.19. The van der Waals surface area contributed by atoms with E-state index in [0.717, 1.165) is 38.0 Å². The van der Waals surface area contributed by atoms with Crippen LogP contribution in [-0.2, 0) is 11.3 Å². The molecule has 1 saturated heterocycles. The van der Waals surface area contributed by atoms with Crippen LogP contribution in [-0.4, -0.2) is 58.3 Å². The van der Waals surface area contributed by atoms with Crippen molar-refractivity contribution in [3.05, 3.63) is 17.7 Å². The molecule has 1 fully saturated rings. The lowest BCUT2D eigenvalue weighted by Gasteiger charge is -2.32. The zero-order valence-electron chi connectivity index (χ0n) is 15.3. The van der Waals surface area contributed by atoms with Crippen LogP contribution in [0.25, 0.3) is 0 Å². The van der Waals surface area contributed by atoms with Crippen molar-refractivity contribution in [2.45, 2.75) is 19.4 Å². The van der Waals surface area contributed by atoms with Crippen LogP contribution in [0.5, 0.6) is 17.2 Å². The standard InChI is InChI=1S/C18H29N3O4/c1-23-15-9-13(10-16(24-2)17(15)25-3)11-21-8-4-5-14(12-21)18(22)20-7-6-19/h9-10,14H,4-8,11-12,19H2,1-3H3,(H,20,22). The van der Waals surface area contributed by atoms with Gasteiger partial charge in [-0.3, -0.25) is 9.69 Å². The van der Waals surface area contributed by atoms with E-state index < -0.39 is 0 Å². The second-order valence-corrected chi connectivity index (χ2v) is 6.19. The number of rotatable bonds is 8. The molecular weight excluding hydrogens is 322 g/mol.